The van der Waals surface area contributed by atoms with Crippen LogP contribution in [0.4, 0.5) is 8.78 Å². The molecule has 0 aromatic heterocycles. The summed E-state index contributed by atoms with van der Waals surface area (Å²) in [4.78, 5) is 43.2. The summed E-state index contributed by atoms with van der Waals surface area (Å²) < 4.78 is 27.2. The van der Waals surface area contributed by atoms with Crippen molar-refractivity contribution in [3.8, 4) is 0 Å². The molecular weight excluding hydrogens is 564 g/mol. The van der Waals surface area contributed by atoms with Crippen molar-refractivity contribution >= 4 is 24.5 Å². The molecule has 1 aromatic carbocycles. The average Bonchev–Trinajstić information content (AvgIpc) is 3.00. The van der Waals surface area contributed by atoms with Crippen LogP contribution in [0, 0.1) is 11.3 Å². The van der Waals surface area contributed by atoms with E-state index in [1.165, 1.54) is 12.2 Å². The molecule has 2 rings (SSSR count). The van der Waals surface area contributed by atoms with Gasteiger partial charge in [-0.3, -0.25) is 19.4 Å². The maximum atomic E-state index is 13.8. The molecule has 1 fully saturated rings. The highest BCUT2D eigenvalue weighted by atomic mass is 19.1. The number of carbonyl (C=O) groups excluding carboxylic acids is 2. The number of aliphatic carboxylic acids is 1. The molecule has 0 aliphatic heterocycles. The summed E-state index contributed by atoms with van der Waals surface area (Å²) in [5, 5.41) is 11.5. The van der Waals surface area contributed by atoms with E-state index in [0.29, 0.717) is 36.3 Å². The summed E-state index contributed by atoms with van der Waals surface area (Å²) in [6.45, 7) is 11.5. The fourth-order valence-corrected chi connectivity index (χ4v) is 5.76. The van der Waals surface area contributed by atoms with E-state index >= 15 is 0 Å². The zero-order valence-corrected chi connectivity index (χ0v) is 26.7. The van der Waals surface area contributed by atoms with Gasteiger partial charge in [-0.1, -0.05) is 59.2 Å². The van der Waals surface area contributed by atoms with E-state index in [-0.39, 0.29) is 36.8 Å². The van der Waals surface area contributed by atoms with Gasteiger partial charge in [0, 0.05) is 18.3 Å². The fraction of sp³-hybridized carbons (Fsp3) is 0.543. The van der Waals surface area contributed by atoms with Gasteiger partial charge >= 0.3 is 5.97 Å². The minimum Gasteiger partial charge on any atom is -0.481 e. The second-order valence-electron chi connectivity index (χ2n) is 12.5. The van der Waals surface area contributed by atoms with Crippen LogP contribution in [-0.4, -0.2) is 53.4 Å². The molecule has 2 amide bonds. The van der Waals surface area contributed by atoms with E-state index in [0.717, 1.165) is 43.7 Å². The maximum absolute atomic E-state index is 13.8. The van der Waals surface area contributed by atoms with Crippen molar-refractivity contribution in [2.45, 2.75) is 97.2 Å². The molecule has 1 unspecified atom stereocenters. The Labute approximate surface area is 261 Å². The number of allylic oxidation sites excluding steroid dienone is 5. The monoisotopic (exact) mass is 613 g/mol. The van der Waals surface area contributed by atoms with Gasteiger partial charge < -0.3 is 15.3 Å². The van der Waals surface area contributed by atoms with Crippen LogP contribution in [-0.2, 0) is 9.59 Å². The summed E-state index contributed by atoms with van der Waals surface area (Å²) in [6, 6.07) is 6.70. The number of amides is 2. The lowest BCUT2D eigenvalue weighted by molar-refractivity contribution is -0.136. The van der Waals surface area contributed by atoms with Crippen LogP contribution in [0.5, 0.6) is 0 Å². The highest BCUT2D eigenvalue weighted by Gasteiger charge is 2.44. The first-order valence-corrected chi connectivity index (χ1v) is 15.5. The normalized spacial score (nSPS) is 20.3. The number of rotatable bonds is 17. The van der Waals surface area contributed by atoms with Crippen LogP contribution in [0.25, 0.3) is 0 Å². The molecule has 1 aliphatic rings. The number of carboxylic acids is 1. The summed E-state index contributed by atoms with van der Waals surface area (Å²) in [7, 11) is 0. The van der Waals surface area contributed by atoms with E-state index in [1.807, 2.05) is 12.1 Å². The van der Waals surface area contributed by atoms with Crippen LogP contribution in [0.15, 0.2) is 65.5 Å². The lowest BCUT2D eigenvalue weighted by Crippen LogP contribution is -2.51. The third kappa shape index (κ3) is 10.8. The highest BCUT2D eigenvalue weighted by molar-refractivity contribution is 5.94. The van der Waals surface area contributed by atoms with Gasteiger partial charge in [0.1, 0.15) is 18.2 Å². The van der Waals surface area contributed by atoms with Crippen LogP contribution in [0.1, 0.15) is 107 Å². The molecule has 1 aromatic rings. The summed E-state index contributed by atoms with van der Waals surface area (Å²) >= 11 is 0. The molecule has 0 bridgehead atoms. The number of benzene rings is 1. The predicted octanol–water partition coefficient (Wildman–Crippen LogP) is 7.91. The Kier molecular flexibility index (Phi) is 14.6. The number of nitrogens with one attached hydrogen (secondary N) is 1. The van der Waals surface area contributed by atoms with Gasteiger partial charge in [-0.15, -0.1) is 0 Å². The van der Waals surface area contributed by atoms with E-state index in [9.17, 15) is 23.2 Å². The zero-order chi connectivity index (χ0) is 32.8. The smallest absolute Gasteiger partial charge is 0.305 e. The number of halogens is 2. The van der Waals surface area contributed by atoms with Crippen LogP contribution in [0.2, 0.25) is 0 Å². The molecule has 7 nitrogen and oxygen atoms in total. The highest BCUT2D eigenvalue weighted by Crippen LogP contribution is 2.47. The number of hydrogen-bond donors (Lipinski definition) is 2. The number of hydrogen-bond acceptors (Lipinski definition) is 4. The zero-order valence-electron chi connectivity index (χ0n) is 26.7. The Bertz CT molecular complexity index is 1190. The van der Waals surface area contributed by atoms with Crippen molar-refractivity contribution in [2.75, 3.05) is 13.2 Å². The van der Waals surface area contributed by atoms with E-state index in [4.69, 9.17) is 10.1 Å². The average molecular weight is 614 g/mol. The second kappa shape index (κ2) is 17.6. The summed E-state index contributed by atoms with van der Waals surface area (Å²) in [5.41, 5.74) is 0.971. The Hall–Kier alpha value is -3.62. The molecule has 44 heavy (non-hydrogen) atoms. The largest absolute Gasteiger partial charge is 0.481 e. The number of aliphatic imine (C=N–C) groups is 1. The molecule has 0 spiro atoms. The minimum atomic E-state index is -0.991. The quantitative estimate of drug-likeness (QED) is 0.106. The summed E-state index contributed by atoms with van der Waals surface area (Å²) in [6.07, 6.45) is 11.6. The third-order valence-electron chi connectivity index (χ3n) is 8.49. The topological polar surface area (TPSA) is 99.1 Å². The number of carboxylic acid groups (broad SMARTS) is 1. The van der Waals surface area contributed by atoms with E-state index in [2.05, 4.69) is 39.6 Å². The van der Waals surface area contributed by atoms with Crippen molar-refractivity contribution in [1.82, 2.24) is 10.2 Å². The van der Waals surface area contributed by atoms with Crippen LogP contribution < -0.4 is 5.32 Å². The Morgan fingerprint density at radius 2 is 1.86 bits per heavy atom. The van der Waals surface area contributed by atoms with Gasteiger partial charge in [-0.05, 0) is 91.4 Å². The fourth-order valence-electron chi connectivity index (χ4n) is 5.76. The Morgan fingerprint density at radius 3 is 2.39 bits per heavy atom. The molecule has 1 atom stereocenters. The molecule has 1 saturated carbocycles. The molecule has 0 heterocycles. The van der Waals surface area contributed by atoms with Crippen molar-refractivity contribution in [3.63, 3.8) is 0 Å². The predicted molar refractivity (Wildman–Crippen MR) is 172 cm³/mol. The van der Waals surface area contributed by atoms with Crippen molar-refractivity contribution in [3.05, 3.63) is 71.6 Å². The van der Waals surface area contributed by atoms with Gasteiger partial charge in [0.05, 0.1) is 12.5 Å². The number of carbonyl (C=O) groups is 3. The first-order valence-electron chi connectivity index (χ1n) is 15.5. The second-order valence-corrected chi connectivity index (χ2v) is 12.5. The molecule has 2 N–H and O–H groups in total. The van der Waals surface area contributed by atoms with E-state index in [1.54, 1.807) is 23.2 Å². The van der Waals surface area contributed by atoms with Crippen LogP contribution >= 0.6 is 0 Å². The molecular formula is C35H49F2N3O4. The lowest BCUT2D eigenvalue weighted by atomic mass is 9.69. The Morgan fingerprint density at radius 1 is 1.20 bits per heavy atom. The Balaban J connectivity index is 2.51. The number of nitrogens with zero attached hydrogens (tertiary/aromatic N) is 2. The van der Waals surface area contributed by atoms with Crippen molar-refractivity contribution in [1.29, 1.82) is 0 Å². The summed E-state index contributed by atoms with van der Waals surface area (Å²) in [5.74, 6) is -1.42. The third-order valence-corrected chi connectivity index (χ3v) is 8.49. The lowest BCUT2D eigenvalue weighted by Gasteiger charge is -2.49. The van der Waals surface area contributed by atoms with Gasteiger partial charge in [0.2, 0.25) is 6.41 Å². The van der Waals surface area contributed by atoms with Gasteiger partial charge in [-0.25, -0.2) is 8.78 Å². The van der Waals surface area contributed by atoms with Crippen molar-refractivity contribution in [2.24, 2.45) is 16.3 Å². The minimum absolute atomic E-state index is 0.0267. The van der Waals surface area contributed by atoms with Gasteiger partial charge in [-0.2, -0.15) is 0 Å². The van der Waals surface area contributed by atoms with Gasteiger partial charge in [0.25, 0.3) is 5.91 Å². The molecule has 0 saturated heterocycles. The molecule has 1 aliphatic carbocycles. The maximum Gasteiger partial charge on any atom is 0.305 e. The molecule has 0 radical (unpaired) electrons. The number of unbranched alkanes of at least 4 members (excludes halogenated alkanes) is 1. The first kappa shape index (κ1) is 36.6. The molecule has 9 heteroatoms. The molecule has 242 valence electrons. The van der Waals surface area contributed by atoms with E-state index < -0.39 is 24.1 Å². The van der Waals surface area contributed by atoms with Gasteiger partial charge in [0.15, 0.2) is 0 Å². The standard InChI is InChI=1S/C35H49F2N3O4/c1-6-8-9-31(27-11-13-28(14-12-27)33(44)38-23-19-32(42)43)40(25-41)35(20-16-29(17-21-35)34(3,4)5)39-24-26(18-22-36)10-15-30(37)7-2/h7,11-15,18,24-25,29,31H,2,6,8-10,16-17,19-23H2,1,3-5H3,(H,38,44)(H,42,43)/b26-18+,30-15+,39-24+. The van der Waals surface area contributed by atoms with Crippen LogP contribution in [0.3, 0.4) is 0 Å². The SMILES string of the molecule is C=C/C(F)=C\CC(/C=N/C1(N(C=O)C(CCCC)c2ccc(C(=O)NCCC(=O)O)cc2)CCC(C(C)(C)C)CC1)=C\CF. The number of alkyl halides is 1. The van der Waals surface area contributed by atoms with Crippen molar-refractivity contribution < 1.29 is 28.3 Å². The first-order chi connectivity index (χ1) is 20.9.